The molecule has 0 saturated carbocycles. The fourth-order valence-electron chi connectivity index (χ4n) is 2.82. The van der Waals surface area contributed by atoms with Crippen molar-refractivity contribution in [2.45, 2.75) is 23.3 Å². The maximum absolute atomic E-state index is 12.3. The number of hydrogen-bond acceptors (Lipinski definition) is 4. The van der Waals surface area contributed by atoms with E-state index in [1.54, 1.807) is 6.26 Å². The van der Waals surface area contributed by atoms with Gasteiger partial charge in [-0.05, 0) is 42.4 Å². The van der Waals surface area contributed by atoms with Crippen LogP contribution in [0.15, 0.2) is 80.3 Å². The third-order valence-corrected chi connectivity index (χ3v) is 5.19. The largest absolute Gasteiger partial charge is 0.457 e. The molecule has 0 saturated heterocycles. The van der Waals surface area contributed by atoms with E-state index in [0.29, 0.717) is 12.1 Å². The molecule has 0 fully saturated rings. The van der Waals surface area contributed by atoms with E-state index >= 15 is 0 Å². The fourth-order valence-corrected chi connectivity index (χ4v) is 3.74. The van der Waals surface area contributed by atoms with E-state index < -0.39 is 0 Å². The molecule has 0 bridgehead atoms. The summed E-state index contributed by atoms with van der Waals surface area (Å²) < 4.78 is 5.68. The first kappa shape index (κ1) is 16.7. The van der Waals surface area contributed by atoms with Crippen molar-refractivity contribution in [2.24, 2.45) is 4.99 Å². The Kier molecular flexibility index (Phi) is 4.63. The Hall–Kier alpha value is -2.79. The molecule has 0 radical (unpaired) electrons. The highest BCUT2D eigenvalue weighted by Gasteiger charge is 2.22. The Bertz CT molecular complexity index is 977. The van der Waals surface area contributed by atoms with Crippen LogP contribution in [-0.4, -0.2) is 18.2 Å². The molecule has 26 heavy (non-hydrogen) atoms. The number of nitrogens with zero attached hydrogens (tertiary/aromatic N) is 1. The number of furan rings is 1. The second-order valence-corrected chi connectivity index (χ2v) is 7.00. The quantitative estimate of drug-likeness (QED) is 0.552. The van der Waals surface area contributed by atoms with E-state index in [1.165, 1.54) is 11.8 Å². The van der Waals surface area contributed by atoms with Crippen molar-refractivity contribution in [3.8, 4) is 0 Å². The number of benzene rings is 2. The van der Waals surface area contributed by atoms with Crippen molar-refractivity contribution in [2.75, 3.05) is 6.54 Å². The predicted molar refractivity (Wildman–Crippen MR) is 104 cm³/mol. The van der Waals surface area contributed by atoms with Gasteiger partial charge in [0.05, 0.1) is 23.2 Å². The molecule has 1 aliphatic heterocycles. The van der Waals surface area contributed by atoms with Gasteiger partial charge in [0.15, 0.2) is 5.09 Å². The van der Waals surface area contributed by atoms with Gasteiger partial charge in [0.1, 0.15) is 0 Å². The van der Waals surface area contributed by atoms with Crippen molar-refractivity contribution in [1.82, 2.24) is 5.32 Å². The Morgan fingerprint density at radius 3 is 2.81 bits per heavy atom. The third-order valence-electron chi connectivity index (χ3n) is 4.12. The number of rotatable bonds is 4. The molecule has 0 atom stereocenters. The average Bonchev–Trinajstić information content (AvgIpc) is 3.07. The molecule has 0 aliphatic carbocycles. The van der Waals surface area contributed by atoms with Crippen LogP contribution in [0, 0.1) is 0 Å². The van der Waals surface area contributed by atoms with Crippen LogP contribution in [0.4, 0.5) is 5.69 Å². The molecule has 5 heteroatoms. The summed E-state index contributed by atoms with van der Waals surface area (Å²) in [4.78, 5) is 18.2. The molecule has 1 amide bonds. The molecular formula is C21H18N2O2S. The van der Waals surface area contributed by atoms with Gasteiger partial charge < -0.3 is 9.73 Å². The van der Waals surface area contributed by atoms with Crippen LogP contribution in [-0.2, 0) is 0 Å². The molecule has 1 N–H and O–H groups in total. The van der Waals surface area contributed by atoms with Crippen LogP contribution in [0.3, 0.4) is 0 Å². The van der Waals surface area contributed by atoms with Crippen LogP contribution < -0.4 is 5.32 Å². The van der Waals surface area contributed by atoms with Gasteiger partial charge in [0.2, 0.25) is 0 Å². The average molecular weight is 362 g/mol. The minimum atomic E-state index is -0.0722. The highest BCUT2D eigenvalue weighted by atomic mass is 32.2. The highest BCUT2D eigenvalue weighted by molar-refractivity contribution is 7.99. The summed E-state index contributed by atoms with van der Waals surface area (Å²) in [5.41, 5.74) is 4.24. The van der Waals surface area contributed by atoms with Gasteiger partial charge in [-0.25, -0.2) is 4.99 Å². The summed E-state index contributed by atoms with van der Waals surface area (Å²) in [5, 5.41) is 3.73. The predicted octanol–water partition coefficient (Wildman–Crippen LogP) is 5.05. The van der Waals surface area contributed by atoms with Crippen LogP contribution in [0.2, 0.25) is 0 Å². The van der Waals surface area contributed by atoms with Gasteiger partial charge in [0.25, 0.3) is 5.91 Å². The van der Waals surface area contributed by atoms with Crippen LogP contribution in [0.25, 0.3) is 0 Å². The highest BCUT2D eigenvalue weighted by Crippen LogP contribution is 2.42. The lowest BCUT2D eigenvalue weighted by Crippen LogP contribution is -2.23. The van der Waals surface area contributed by atoms with Gasteiger partial charge in [-0.2, -0.15) is 0 Å². The number of carbonyl (C=O) groups excluding carboxylic acids is 1. The summed E-state index contributed by atoms with van der Waals surface area (Å²) >= 11 is 1.53. The standard InChI is InChI=1S/C21H18N2O2S/c1-2-11-22-20(24)15-8-9-18-17(13-15)23-19(14-6-4-3-5-7-14)16-10-12-25-21(16)26-18/h3-10,12-13H,2,11H2,1H3,(H,22,24). The zero-order chi connectivity index (χ0) is 17.9. The van der Waals surface area contributed by atoms with Gasteiger partial charge in [-0.15, -0.1) is 0 Å². The summed E-state index contributed by atoms with van der Waals surface area (Å²) in [6.07, 6.45) is 2.59. The third kappa shape index (κ3) is 3.18. The summed E-state index contributed by atoms with van der Waals surface area (Å²) in [6.45, 7) is 2.70. The SMILES string of the molecule is CCCNC(=O)c1ccc2c(c1)N=C(c1ccccc1)c1ccoc1S2. The Morgan fingerprint density at radius 2 is 2.00 bits per heavy atom. The topological polar surface area (TPSA) is 54.6 Å². The van der Waals surface area contributed by atoms with Crippen LogP contribution in [0.1, 0.15) is 34.8 Å². The maximum Gasteiger partial charge on any atom is 0.251 e. The summed E-state index contributed by atoms with van der Waals surface area (Å²) in [7, 11) is 0. The summed E-state index contributed by atoms with van der Waals surface area (Å²) in [5.74, 6) is -0.0722. The van der Waals surface area contributed by atoms with Crippen LogP contribution in [0.5, 0.6) is 0 Å². The number of hydrogen-bond donors (Lipinski definition) is 1. The lowest BCUT2D eigenvalue weighted by molar-refractivity contribution is 0.0953. The summed E-state index contributed by atoms with van der Waals surface area (Å²) in [6, 6.07) is 17.6. The van der Waals surface area contributed by atoms with Gasteiger partial charge in [0, 0.05) is 22.6 Å². The van der Waals surface area contributed by atoms with Gasteiger partial charge in [-0.1, -0.05) is 37.3 Å². The molecule has 2 heterocycles. The number of nitrogens with one attached hydrogen (secondary N) is 1. The van der Waals surface area contributed by atoms with E-state index in [4.69, 9.17) is 9.41 Å². The van der Waals surface area contributed by atoms with Gasteiger partial charge in [-0.3, -0.25) is 4.79 Å². The van der Waals surface area contributed by atoms with Crippen molar-refractivity contribution in [1.29, 1.82) is 0 Å². The Labute approximate surface area is 156 Å². The fraction of sp³-hybridized carbons (Fsp3) is 0.143. The lowest BCUT2D eigenvalue weighted by atomic mass is 10.0. The number of amides is 1. The Morgan fingerprint density at radius 1 is 1.15 bits per heavy atom. The molecule has 4 nitrogen and oxygen atoms in total. The van der Waals surface area contributed by atoms with Crippen molar-refractivity contribution >= 4 is 29.1 Å². The van der Waals surface area contributed by atoms with Crippen molar-refractivity contribution < 1.29 is 9.21 Å². The molecule has 130 valence electrons. The van der Waals surface area contributed by atoms with E-state index in [2.05, 4.69) is 5.32 Å². The van der Waals surface area contributed by atoms with E-state index in [0.717, 1.165) is 38.9 Å². The number of aliphatic imine (C=N–C) groups is 1. The first-order valence-corrected chi connectivity index (χ1v) is 9.40. The number of carbonyl (C=O) groups is 1. The van der Waals surface area contributed by atoms with Gasteiger partial charge >= 0.3 is 0 Å². The first-order valence-electron chi connectivity index (χ1n) is 8.58. The number of fused-ring (bicyclic) bond motifs is 2. The normalized spacial score (nSPS) is 12.6. The molecule has 1 aromatic heterocycles. The molecule has 2 aromatic carbocycles. The Balaban J connectivity index is 1.81. The van der Waals surface area contributed by atoms with Crippen LogP contribution >= 0.6 is 11.8 Å². The zero-order valence-electron chi connectivity index (χ0n) is 14.4. The molecule has 4 rings (SSSR count). The molecular weight excluding hydrogens is 344 g/mol. The minimum Gasteiger partial charge on any atom is -0.457 e. The maximum atomic E-state index is 12.3. The van der Waals surface area contributed by atoms with Crippen molar-refractivity contribution in [3.63, 3.8) is 0 Å². The van der Waals surface area contributed by atoms with E-state index in [-0.39, 0.29) is 5.91 Å². The minimum absolute atomic E-state index is 0.0722. The molecule has 1 aliphatic rings. The lowest BCUT2D eigenvalue weighted by Gasteiger charge is -2.07. The molecule has 3 aromatic rings. The smallest absolute Gasteiger partial charge is 0.251 e. The molecule has 0 unspecified atom stereocenters. The van der Waals surface area contributed by atoms with E-state index in [9.17, 15) is 4.79 Å². The zero-order valence-corrected chi connectivity index (χ0v) is 15.2. The second-order valence-electron chi connectivity index (χ2n) is 5.99. The first-order chi connectivity index (χ1) is 12.8. The van der Waals surface area contributed by atoms with E-state index in [1.807, 2.05) is 61.5 Å². The second kappa shape index (κ2) is 7.22. The monoisotopic (exact) mass is 362 g/mol. The molecule has 0 spiro atoms. The van der Waals surface area contributed by atoms with Crippen molar-refractivity contribution in [3.05, 3.63) is 77.6 Å².